The maximum Gasteiger partial charge on any atom is 0.115 e. The number of aromatic hydroxyl groups is 1. The monoisotopic (exact) mass is 408 g/mol. The molecule has 1 N–H and O–H groups in total. The topological polar surface area (TPSA) is 20.2 Å². The van der Waals surface area contributed by atoms with Crippen molar-refractivity contribution in [3.8, 4) is 42.8 Å². The number of phenols is 1. The minimum atomic E-state index is -0.679. The maximum absolute atomic E-state index is 9.97. The third-order valence-corrected chi connectivity index (χ3v) is 5.75. The quantitative estimate of drug-likeness (QED) is 0.338. The smallest absolute Gasteiger partial charge is 0.115 e. The summed E-state index contributed by atoms with van der Waals surface area (Å²) in [5.74, 6) is 8.26. The third-order valence-electron chi connectivity index (χ3n) is 5.75. The standard InChI is InChI=1S/C31H20O/c1-4-23-7-13-26(14-8-23)31(29-19-21-30(32)22-20-29,27-15-9-24(5-2)10-16-27)28-17-11-25(6-3)12-18-28/h1-3,7-22,32H. The number of phenolic OH excluding ortho intramolecular Hbond substituents is 1. The van der Waals surface area contributed by atoms with Gasteiger partial charge in [-0.05, 0) is 70.8 Å². The second-order valence-corrected chi connectivity index (χ2v) is 7.46. The number of hydrogen-bond donors (Lipinski definition) is 1. The van der Waals surface area contributed by atoms with Gasteiger partial charge in [0, 0.05) is 16.7 Å². The molecule has 0 saturated heterocycles. The molecule has 0 amide bonds. The van der Waals surface area contributed by atoms with Crippen molar-refractivity contribution in [3.05, 3.63) is 136 Å². The first-order valence-corrected chi connectivity index (χ1v) is 10.1. The van der Waals surface area contributed by atoms with E-state index in [4.69, 9.17) is 19.3 Å². The van der Waals surface area contributed by atoms with E-state index >= 15 is 0 Å². The molecule has 32 heavy (non-hydrogen) atoms. The Kier molecular flexibility index (Phi) is 5.55. The van der Waals surface area contributed by atoms with Crippen LogP contribution in [0.25, 0.3) is 0 Å². The molecule has 0 aliphatic heterocycles. The minimum Gasteiger partial charge on any atom is -0.508 e. The first kappa shape index (κ1) is 20.6. The van der Waals surface area contributed by atoms with Crippen molar-refractivity contribution in [2.24, 2.45) is 0 Å². The SMILES string of the molecule is C#Cc1ccc(C(c2ccc(O)cc2)(c2ccc(C#C)cc2)c2ccc(C#C)cc2)cc1. The number of hydrogen-bond acceptors (Lipinski definition) is 1. The van der Waals surface area contributed by atoms with E-state index in [0.717, 1.165) is 38.9 Å². The van der Waals surface area contributed by atoms with Crippen LogP contribution in [0.1, 0.15) is 38.9 Å². The average Bonchev–Trinajstić information content (AvgIpc) is 2.86. The highest BCUT2D eigenvalue weighted by Crippen LogP contribution is 2.45. The van der Waals surface area contributed by atoms with Crippen molar-refractivity contribution in [1.29, 1.82) is 0 Å². The van der Waals surface area contributed by atoms with Gasteiger partial charge in [-0.1, -0.05) is 66.3 Å². The van der Waals surface area contributed by atoms with Crippen LogP contribution in [0.2, 0.25) is 0 Å². The second kappa shape index (κ2) is 8.62. The number of benzene rings is 4. The highest BCUT2D eigenvalue weighted by molar-refractivity contribution is 5.62. The average molecular weight is 409 g/mol. The Hall–Kier alpha value is -4.64. The van der Waals surface area contributed by atoms with Gasteiger partial charge >= 0.3 is 0 Å². The summed E-state index contributed by atoms with van der Waals surface area (Å²) in [5, 5.41) is 9.97. The summed E-state index contributed by atoms with van der Waals surface area (Å²) in [6.07, 6.45) is 16.8. The Labute approximate surface area is 189 Å². The molecule has 4 aromatic rings. The summed E-state index contributed by atoms with van der Waals surface area (Å²) in [5.41, 5.74) is 5.82. The summed E-state index contributed by atoms with van der Waals surface area (Å²) in [4.78, 5) is 0. The lowest BCUT2D eigenvalue weighted by Gasteiger charge is -2.37. The van der Waals surface area contributed by atoms with Crippen molar-refractivity contribution in [2.75, 3.05) is 0 Å². The van der Waals surface area contributed by atoms with Gasteiger partial charge in [-0.2, -0.15) is 0 Å². The van der Waals surface area contributed by atoms with E-state index in [1.165, 1.54) is 0 Å². The normalized spacial score (nSPS) is 10.5. The fourth-order valence-electron chi connectivity index (χ4n) is 4.16. The molecule has 0 bridgehead atoms. The zero-order valence-electron chi connectivity index (χ0n) is 17.4. The summed E-state index contributed by atoms with van der Waals surface area (Å²) >= 11 is 0. The van der Waals surface area contributed by atoms with Crippen molar-refractivity contribution < 1.29 is 5.11 Å². The highest BCUT2D eigenvalue weighted by atomic mass is 16.3. The van der Waals surface area contributed by atoms with Crippen LogP contribution in [0.4, 0.5) is 0 Å². The zero-order valence-corrected chi connectivity index (χ0v) is 17.4. The molecule has 0 saturated carbocycles. The Morgan fingerprint density at radius 1 is 0.438 bits per heavy atom. The number of terminal acetylenes is 3. The molecule has 4 aromatic carbocycles. The van der Waals surface area contributed by atoms with Crippen LogP contribution in [0.5, 0.6) is 5.75 Å². The lowest BCUT2D eigenvalue weighted by molar-refractivity contribution is 0.475. The van der Waals surface area contributed by atoms with Crippen LogP contribution in [-0.4, -0.2) is 5.11 Å². The van der Waals surface area contributed by atoms with Gasteiger partial charge < -0.3 is 5.11 Å². The molecule has 0 aliphatic rings. The molecule has 0 unspecified atom stereocenters. The van der Waals surface area contributed by atoms with E-state index in [0.29, 0.717) is 0 Å². The van der Waals surface area contributed by atoms with Crippen LogP contribution < -0.4 is 0 Å². The fourth-order valence-corrected chi connectivity index (χ4v) is 4.16. The summed E-state index contributed by atoms with van der Waals surface area (Å²) < 4.78 is 0. The lowest BCUT2D eigenvalue weighted by atomic mass is 9.65. The van der Waals surface area contributed by atoms with Gasteiger partial charge in [0.05, 0.1) is 5.41 Å². The molecule has 4 rings (SSSR count). The molecule has 0 atom stereocenters. The van der Waals surface area contributed by atoms with Gasteiger partial charge in [0.2, 0.25) is 0 Å². The molecule has 0 aliphatic carbocycles. The van der Waals surface area contributed by atoms with Crippen LogP contribution >= 0.6 is 0 Å². The molecular weight excluding hydrogens is 388 g/mol. The van der Waals surface area contributed by atoms with Crippen molar-refractivity contribution >= 4 is 0 Å². The Morgan fingerprint density at radius 3 is 0.938 bits per heavy atom. The molecule has 150 valence electrons. The van der Waals surface area contributed by atoms with E-state index in [-0.39, 0.29) is 5.75 Å². The Balaban J connectivity index is 2.11. The van der Waals surface area contributed by atoms with Gasteiger partial charge in [-0.15, -0.1) is 19.3 Å². The Morgan fingerprint density at radius 2 is 0.688 bits per heavy atom. The zero-order chi connectivity index (χ0) is 22.6. The minimum absolute atomic E-state index is 0.204. The van der Waals surface area contributed by atoms with E-state index in [1.54, 1.807) is 12.1 Å². The largest absolute Gasteiger partial charge is 0.508 e. The predicted octanol–water partition coefficient (Wildman–Crippen LogP) is 5.72. The second-order valence-electron chi connectivity index (χ2n) is 7.46. The summed E-state index contributed by atoms with van der Waals surface area (Å²) in [6.45, 7) is 0. The first-order chi connectivity index (χ1) is 15.6. The molecule has 1 heteroatoms. The van der Waals surface area contributed by atoms with E-state index in [1.807, 2.05) is 84.9 Å². The van der Waals surface area contributed by atoms with E-state index in [9.17, 15) is 5.11 Å². The van der Waals surface area contributed by atoms with Crippen molar-refractivity contribution in [3.63, 3.8) is 0 Å². The van der Waals surface area contributed by atoms with Gasteiger partial charge in [-0.3, -0.25) is 0 Å². The van der Waals surface area contributed by atoms with Gasteiger partial charge in [0.15, 0.2) is 0 Å². The Bertz CT molecular complexity index is 1210. The van der Waals surface area contributed by atoms with E-state index in [2.05, 4.69) is 17.8 Å². The predicted molar refractivity (Wildman–Crippen MR) is 130 cm³/mol. The van der Waals surface area contributed by atoms with Crippen LogP contribution in [0.3, 0.4) is 0 Å². The van der Waals surface area contributed by atoms with Crippen molar-refractivity contribution in [1.82, 2.24) is 0 Å². The fraction of sp³-hybridized carbons (Fsp3) is 0.0323. The van der Waals surface area contributed by atoms with Crippen LogP contribution in [0.15, 0.2) is 97.1 Å². The molecule has 0 radical (unpaired) electrons. The van der Waals surface area contributed by atoms with Crippen LogP contribution in [-0.2, 0) is 5.41 Å². The molecular formula is C31H20O. The number of rotatable bonds is 4. The van der Waals surface area contributed by atoms with Gasteiger partial charge in [-0.25, -0.2) is 0 Å². The summed E-state index contributed by atoms with van der Waals surface area (Å²) in [7, 11) is 0. The van der Waals surface area contributed by atoms with Gasteiger partial charge in [0.25, 0.3) is 0 Å². The molecule has 0 heterocycles. The molecule has 0 fully saturated rings. The molecule has 0 spiro atoms. The van der Waals surface area contributed by atoms with Gasteiger partial charge in [0.1, 0.15) is 5.75 Å². The molecule has 0 aromatic heterocycles. The van der Waals surface area contributed by atoms with E-state index < -0.39 is 5.41 Å². The summed E-state index contributed by atoms with van der Waals surface area (Å²) in [6, 6.07) is 31.2. The van der Waals surface area contributed by atoms with Crippen molar-refractivity contribution in [2.45, 2.75) is 5.41 Å². The lowest BCUT2D eigenvalue weighted by Crippen LogP contribution is -2.31. The van der Waals surface area contributed by atoms with Crippen LogP contribution in [0, 0.1) is 37.0 Å². The first-order valence-electron chi connectivity index (χ1n) is 10.1. The molecule has 1 nitrogen and oxygen atoms in total. The maximum atomic E-state index is 9.97. The third kappa shape index (κ3) is 3.52. The highest BCUT2D eigenvalue weighted by Gasteiger charge is 2.38.